The van der Waals surface area contributed by atoms with Crippen molar-refractivity contribution in [3.63, 3.8) is 0 Å². The average molecular weight is 254 g/mol. The molecular weight excluding hydrogens is 246 g/mol. The smallest absolute Gasteiger partial charge is 0.253 e. The molecule has 0 spiro atoms. The highest BCUT2D eigenvalue weighted by atomic mass is 19.2. The maximum Gasteiger partial charge on any atom is 0.253 e. The SMILES string of the molecule is Nc1cc(F)c(F)cc1C(=O)NCc1nn[nH]n1. The molecule has 4 N–H and O–H groups in total. The summed E-state index contributed by atoms with van der Waals surface area (Å²) in [6.45, 7) is -0.00618. The summed E-state index contributed by atoms with van der Waals surface area (Å²) in [5.74, 6) is -2.66. The summed E-state index contributed by atoms with van der Waals surface area (Å²) in [6, 6.07) is 1.48. The summed E-state index contributed by atoms with van der Waals surface area (Å²) in [5, 5.41) is 15.1. The number of rotatable bonds is 3. The zero-order chi connectivity index (χ0) is 13.1. The Morgan fingerprint density at radius 3 is 2.78 bits per heavy atom. The molecule has 1 heterocycles. The number of carbonyl (C=O) groups excluding carboxylic acids is 1. The summed E-state index contributed by atoms with van der Waals surface area (Å²) in [4.78, 5) is 11.7. The van der Waals surface area contributed by atoms with Crippen LogP contribution in [-0.2, 0) is 6.54 Å². The van der Waals surface area contributed by atoms with Crippen LogP contribution in [0, 0.1) is 11.6 Å². The molecule has 0 saturated carbocycles. The van der Waals surface area contributed by atoms with Gasteiger partial charge in [0.05, 0.1) is 12.1 Å². The first-order valence-electron chi connectivity index (χ1n) is 4.83. The lowest BCUT2D eigenvalue weighted by Crippen LogP contribution is -2.24. The molecule has 0 aliphatic heterocycles. The van der Waals surface area contributed by atoms with Gasteiger partial charge in [-0.25, -0.2) is 8.78 Å². The Bertz CT molecular complexity index is 571. The molecular formula is C9H8F2N6O. The number of amides is 1. The number of nitrogens with zero attached hydrogens (tertiary/aromatic N) is 3. The average Bonchev–Trinajstić information content (AvgIpc) is 2.84. The zero-order valence-corrected chi connectivity index (χ0v) is 8.94. The first-order valence-corrected chi connectivity index (χ1v) is 4.83. The van der Waals surface area contributed by atoms with Crippen molar-refractivity contribution in [1.82, 2.24) is 25.9 Å². The molecule has 0 bridgehead atoms. The maximum absolute atomic E-state index is 13.0. The summed E-state index contributed by atoms with van der Waals surface area (Å²) in [7, 11) is 0. The Morgan fingerprint density at radius 2 is 2.11 bits per heavy atom. The number of aromatic amines is 1. The molecule has 9 heteroatoms. The molecule has 94 valence electrons. The molecule has 7 nitrogen and oxygen atoms in total. The number of hydrogen-bond donors (Lipinski definition) is 3. The van der Waals surface area contributed by atoms with Crippen LogP contribution in [0.4, 0.5) is 14.5 Å². The quantitative estimate of drug-likeness (QED) is 0.667. The number of nitrogen functional groups attached to an aromatic ring is 1. The van der Waals surface area contributed by atoms with Gasteiger partial charge in [0, 0.05) is 11.8 Å². The van der Waals surface area contributed by atoms with Gasteiger partial charge in [-0.3, -0.25) is 4.79 Å². The van der Waals surface area contributed by atoms with Gasteiger partial charge in [0.1, 0.15) is 0 Å². The number of aromatic nitrogens is 4. The third-order valence-electron chi connectivity index (χ3n) is 2.13. The van der Waals surface area contributed by atoms with Gasteiger partial charge < -0.3 is 11.1 Å². The van der Waals surface area contributed by atoms with Crippen LogP contribution >= 0.6 is 0 Å². The molecule has 1 aromatic carbocycles. The number of anilines is 1. The molecule has 0 unspecified atom stereocenters. The van der Waals surface area contributed by atoms with Crippen molar-refractivity contribution in [2.45, 2.75) is 6.54 Å². The van der Waals surface area contributed by atoms with Gasteiger partial charge in [0.2, 0.25) is 0 Å². The second-order valence-corrected chi connectivity index (χ2v) is 3.36. The fraction of sp³-hybridized carbons (Fsp3) is 0.111. The molecule has 1 aromatic heterocycles. The van der Waals surface area contributed by atoms with Crippen molar-refractivity contribution < 1.29 is 13.6 Å². The van der Waals surface area contributed by atoms with E-state index in [2.05, 4.69) is 25.9 Å². The maximum atomic E-state index is 13.0. The van der Waals surface area contributed by atoms with Crippen molar-refractivity contribution in [3.8, 4) is 0 Å². The highest BCUT2D eigenvalue weighted by Crippen LogP contribution is 2.16. The van der Waals surface area contributed by atoms with Crippen LogP contribution in [-0.4, -0.2) is 26.5 Å². The van der Waals surface area contributed by atoms with Crippen LogP contribution in [0.5, 0.6) is 0 Å². The van der Waals surface area contributed by atoms with Crippen molar-refractivity contribution in [1.29, 1.82) is 0 Å². The Labute approximate surface area is 99.4 Å². The van der Waals surface area contributed by atoms with E-state index >= 15 is 0 Å². The van der Waals surface area contributed by atoms with E-state index in [0.29, 0.717) is 0 Å². The first kappa shape index (κ1) is 11.9. The molecule has 0 radical (unpaired) electrons. The van der Waals surface area contributed by atoms with E-state index in [-0.39, 0.29) is 23.6 Å². The van der Waals surface area contributed by atoms with Crippen LogP contribution < -0.4 is 11.1 Å². The lowest BCUT2D eigenvalue weighted by atomic mass is 10.1. The Kier molecular flexibility index (Phi) is 3.13. The third kappa shape index (κ3) is 2.39. The summed E-state index contributed by atoms with van der Waals surface area (Å²) in [5.41, 5.74) is 5.11. The minimum Gasteiger partial charge on any atom is -0.398 e. The van der Waals surface area contributed by atoms with E-state index < -0.39 is 17.5 Å². The highest BCUT2D eigenvalue weighted by Gasteiger charge is 2.14. The van der Waals surface area contributed by atoms with E-state index in [1.165, 1.54) is 0 Å². The summed E-state index contributed by atoms with van der Waals surface area (Å²) in [6.07, 6.45) is 0. The van der Waals surface area contributed by atoms with Gasteiger partial charge in [-0.05, 0) is 6.07 Å². The monoisotopic (exact) mass is 254 g/mol. The normalized spacial score (nSPS) is 10.3. The van der Waals surface area contributed by atoms with Gasteiger partial charge in [0.25, 0.3) is 5.91 Å². The molecule has 2 rings (SSSR count). The molecule has 0 atom stereocenters. The van der Waals surface area contributed by atoms with E-state index in [9.17, 15) is 13.6 Å². The van der Waals surface area contributed by atoms with E-state index in [4.69, 9.17) is 5.73 Å². The topological polar surface area (TPSA) is 110 Å². The molecule has 0 aliphatic carbocycles. The summed E-state index contributed by atoms with van der Waals surface area (Å²) < 4.78 is 25.8. The number of benzene rings is 1. The minimum atomic E-state index is -1.14. The number of hydrogen-bond acceptors (Lipinski definition) is 5. The van der Waals surface area contributed by atoms with Gasteiger partial charge in [-0.15, -0.1) is 10.2 Å². The molecule has 2 aromatic rings. The second-order valence-electron chi connectivity index (χ2n) is 3.36. The van der Waals surface area contributed by atoms with Crippen LogP contribution in [0.15, 0.2) is 12.1 Å². The molecule has 18 heavy (non-hydrogen) atoms. The van der Waals surface area contributed by atoms with Crippen LogP contribution in [0.25, 0.3) is 0 Å². The number of H-pyrrole nitrogens is 1. The number of halogens is 2. The standard InChI is InChI=1S/C9H8F2N6O/c10-5-1-4(7(12)2-6(5)11)9(18)13-3-8-14-16-17-15-8/h1-2H,3,12H2,(H,13,18)(H,14,15,16,17). The fourth-order valence-corrected chi connectivity index (χ4v) is 1.27. The van der Waals surface area contributed by atoms with E-state index in [1.54, 1.807) is 0 Å². The van der Waals surface area contributed by atoms with Gasteiger partial charge in [-0.1, -0.05) is 5.21 Å². The Hall–Kier alpha value is -2.58. The van der Waals surface area contributed by atoms with Crippen molar-refractivity contribution in [2.75, 3.05) is 5.73 Å². The largest absolute Gasteiger partial charge is 0.398 e. The Balaban J connectivity index is 2.11. The predicted molar refractivity (Wildman–Crippen MR) is 56.1 cm³/mol. The van der Waals surface area contributed by atoms with Gasteiger partial charge in [0.15, 0.2) is 17.5 Å². The number of nitrogens with one attached hydrogen (secondary N) is 2. The highest BCUT2D eigenvalue weighted by molar-refractivity contribution is 5.99. The lowest BCUT2D eigenvalue weighted by Gasteiger charge is -2.06. The van der Waals surface area contributed by atoms with Crippen molar-refractivity contribution >= 4 is 11.6 Å². The van der Waals surface area contributed by atoms with Crippen LogP contribution in [0.2, 0.25) is 0 Å². The molecule has 0 aliphatic rings. The minimum absolute atomic E-state index is 0.00618. The number of carbonyl (C=O) groups is 1. The van der Waals surface area contributed by atoms with Crippen LogP contribution in [0.3, 0.4) is 0 Å². The molecule has 0 saturated heterocycles. The number of nitrogens with two attached hydrogens (primary N) is 1. The van der Waals surface area contributed by atoms with Crippen LogP contribution in [0.1, 0.15) is 16.2 Å². The lowest BCUT2D eigenvalue weighted by molar-refractivity contribution is 0.0950. The number of tetrazole rings is 1. The first-order chi connectivity index (χ1) is 8.58. The third-order valence-corrected chi connectivity index (χ3v) is 2.13. The van der Waals surface area contributed by atoms with E-state index in [1.807, 2.05) is 0 Å². The predicted octanol–water partition coefficient (Wildman–Crippen LogP) is -0.00990. The zero-order valence-electron chi connectivity index (χ0n) is 8.94. The fourth-order valence-electron chi connectivity index (χ4n) is 1.27. The van der Waals surface area contributed by atoms with Crippen molar-refractivity contribution in [2.24, 2.45) is 0 Å². The summed E-state index contributed by atoms with van der Waals surface area (Å²) >= 11 is 0. The van der Waals surface area contributed by atoms with Gasteiger partial charge in [-0.2, -0.15) is 5.21 Å². The molecule has 1 amide bonds. The molecule has 0 fully saturated rings. The Morgan fingerprint density at radius 1 is 1.39 bits per heavy atom. The second kappa shape index (κ2) is 4.73. The van der Waals surface area contributed by atoms with Crippen molar-refractivity contribution in [3.05, 3.63) is 35.2 Å². The van der Waals surface area contributed by atoms with Gasteiger partial charge >= 0.3 is 0 Å². The van der Waals surface area contributed by atoms with E-state index in [0.717, 1.165) is 12.1 Å².